The van der Waals surface area contributed by atoms with Gasteiger partial charge < -0.3 is 10.6 Å². The quantitative estimate of drug-likeness (QED) is 0.746. The maximum atomic E-state index is 12.7. The first-order chi connectivity index (χ1) is 13.1. The van der Waals surface area contributed by atoms with Crippen LogP contribution in [0.15, 0.2) is 60.7 Å². The molecule has 0 saturated carbocycles. The normalized spacial score (nSPS) is 20.1. The van der Waals surface area contributed by atoms with Crippen molar-refractivity contribution in [2.75, 3.05) is 0 Å². The van der Waals surface area contributed by atoms with E-state index >= 15 is 0 Å². The van der Waals surface area contributed by atoms with Crippen molar-refractivity contribution in [2.24, 2.45) is 0 Å². The second kappa shape index (κ2) is 8.85. The Morgan fingerprint density at radius 2 is 1.78 bits per heavy atom. The van der Waals surface area contributed by atoms with Gasteiger partial charge in [0.05, 0.1) is 6.04 Å². The minimum atomic E-state index is -0.212. The lowest BCUT2D eigenvalue weighted by molar-refractivity contribution is -0.123. The van der Waals surface area contributed by atoms with Gasteiger partial charge in [0, 0.05) is 18.4 Å². The third-order valence-electron chi connectivity index (χ3n) is 5.56. The van der Waals surface area contributed by atoms with Gasteiger partial charge in [-0.2, -0.15) is 0 Å². The number of amides is 2. The van der Waals surface area contributed by atoms with Gasteiger partial charge in [-0.15, -0.1) is 0 Å². The van der Waals surface area contributed by atoms with Crippen LogP contribution in [0.25, 0.3) is 0 Å². The van der Waals surface area contributed by atoms with Gasteiger partial charge in [0.1, 0.15) is 0 Å². The Balaban J connectivity index is 1.64. The molecule has 1 heterocycles. The molecule has 0 bridgehead atoms. The first kappa shape index (κ1) is 19.2. The zero-order valence-electron chi connectivity index (χ0n) is 15.9. The van der Waals surface area contributed by atoms with E-state index in [0.29, 0.717) is 19.3 Å². The number of carbonyl (C=O) groups excluding carboxylic acids is 2. The monoisotopic (exact) mass is 364 g/mol. The maximum absolute atomic E-state index is 12.7. The molecule has 2 atom stereocenters. The van der Waals surface area contributed by atoms with Gasteiger partial charge in [0.25, 0.3) is 0 Å². The zero-order chi connectivity index (χ0) is 19.1. The van der Waals surface area contributed by atoms with Gasteiger partial charge in [0.15, 0.2) is 0 Å². The van der Waals surface area contributed by atoms with Crippen LogP contribution in [0.5, 0.6) is 0 Å². The fourth-order valence-corrected chi connectivity index (χ4v) is 3.81. The minimum absolute atomic E-state index is 0.0359. The fraction of sp³-hybridized carbons (Fsp3) is 0.391. The van der Waals surface area contributed by atoms with Crippen LogP contribution in [0.2, 0.25) is 0 Å². The molecule has 2 amide bonds. The van der Waals surface area contributed by atoms with Crippen molar-refractivity contribution in [1.29, 1.82) is 0 Å². The summed E-state index contributed by atoms with van der Waals surface area (Å²) in [6.07, 6.45) is 4.11. The summed E-state index contributed by atoms with van der Waals surface area (Å²) >= 11 is 0. The highest BCUT2D eigenvalue weighted by Gasteiger charge is 2.36. The molecule has 1 aliphatic rings. The van der Waals surface area contributed by atoms with Crippen molar-refractivity contribution < 1.29 is 9.59 Å². The molecule has 0 spiro atoms. The number of carbonyl (C=O) groups is 2. The lowest BCUT2D eigenvalue weighted by atomic mass is 9.88. The van der Waals surface area contributed by atoms with Gasteiger partial charge in [0.2, 0.25) is 11.8 Å². The smallest absolute Gasteiger partial charge is 0.220 e. The summed E-state index contributed by atoms with van der Waals surface area (Å²) in [7, 11) is 0. The van der Waals surface area contributed by atoms with E-state index in [4.69, 9.17) is 0 Å². The van der Waals surface area contributed by atoms with Crippen molar-refractivity contribution in [2.45, 2.75) is 57.0 Å². The Kier molecular flexibility index (Phi) is 6.28. The fourth-order valence-electron chi connectivity index (χ4n) is 3.81. The van der Waals surface area contributed by atoms with E-state index in [9.17, 15) is 9.59 Å². The van der Waals surface area contributed by atoms with Gasteiger partial charge >= 0.3 is 0 Å². The summed E-state index contributed by atoms with van der Waals surface area (Å²) < 4.78 is 0. The molecule has 4 heteroatoms. The lowest BCUT2D eigenvalue weighted by Gasteiger charge is -2.28. The van der Waals surface area contributed by atoms with E-state index in [2.05, 4.69) is 41.8 Å². The molecule has 2 aromatic carbocycles. The number of benzene rings is 2. The predicted octanol–water partition coefficient (Wildman–Crippen LogP) is 3.93. The summed E-state index contributed by atoms with van der Waals surface area (Å²) in [5.74, 6) is 0.136. The third kappa shape index (κ3) is 5.19. The van der Waals surface area contributed by atoms with E-state index in [-0.39, 0.29) is 23.4 Å². The number of hydrogen-bond donors (Lipinski definition) is 2. The number of rotatable bonds is 8. The van der Waals surface area contributed by atoms with Crippen LogP contribution in [0.1, 0.15) is 56.2 Å². The summed E-state index contributed by atoms with van der Waals surface area (Å²) in [6.45, 7) is 2.08. The number of hydrogen-bond acceptors (Lipinski definition) is 2. The average molecular weight is 364 g/mol. The van der Waals surface area contributed by atoms with Crippen LogP contribution in [0.3, 0.4) is 0 Å². The molecule has 2 N–H and O–H groups in total. The average Bonchev–Trinajstić information content (AvgIpc) is 3.09. The van der Waals surface area contributed by atoms with Crippen LogP contribution in [-0.2, 0) is 16.0 Å². The van der Waals surface area contributed by atoms with E-state index in [1.165, 1.54) is 5.56 Å². The van der Waals surface area contributed by atoms with E-state index in [1.54, 1.807) is 0 Å². The topological polar surface area (TPSA) is 58.2 Å². The molecule has 27 heavy (non-hydrogen) atoms. The second-order valence-corrected chi connectivity index (χ2v) is 7.40. The molecule has 142 valence electrons. The second-order valence-electron chi connectivity index (χ2n) is 7.40. The Bertz CT molecular complexity index is 760. The zero-order valence-corrected chi connectivity index (χ0v) is 15.9. The Morgan fingerprint density at radius 1 is 1.11 bits per heavy atom. The van der Waals surface area contributed by atoms with E-state index in [1.807, 2.05) is 36.4 Å². The third-order valence-corrected chi connectivity index (χ3v) is 5.56. The first-order valence-corrected chi connectivity index (χ1v) is 9.79. The Hall–Kier alpha value is -2.62. The van der Waals surface area contributed by atoms with Gasteiger partial charge in [-0.3, -0.25) is 9.59 Å². The Morgan fingerprint density at radius 3 is 2.37 bits per heavy atom. The molecule has 0 radical (unpaired) electrons. The molecule has 2 aromatic rings. The Labute approximate surface area is 161 Å². The van der Waals surface area contributed by atoms with Crippen LogP contribution in [-0.4, -0.2) is 17.4 Å². The predicted molar refractivity (Wildman–Crippen MR) is 107 cm³/mol. The van der Waals surface area contributed by atoms with Crippen molar-refractivity contribution in [3.63, 3.8) is 0 Å². The summed E-state index contributed by atoms with van der Waals surface area (Å²) in [4.78, 5) is 24.3. The molecule has 0 aliphatic carbocycles. The van der Waals surface area contributed by atoms with Crippen LogP contribution in [0.4, 0.5) is 0 Å². The van der Waals surface area contributed by atoms with Crippen molar-refractivity contribution in [3.05, 3.63) is 71.8 Å². The van der Waals surface area contributed by atoms with Gasteiger partial charge in [-0.1, -0.05) is 67.6 Å². The molecule has 1 saturated heterocycles. The van der Waals surface area contributed by atoms with E-state index < -0.39 is 0 Å². The van der Waals surface area contributed by atoms with Gasteiger partial charge in [-0.05, 0) is 36.8 Å². The highest BCUT2D eigenvalue weighted by Crippen LogP contribution is 2.29. The molecule has 0 unspecified atom stereocenters. The molecule has 4 nitrogen and oxygen atoms in total. The van der Waals surface area contributed by atoms with E-state index in [0.717, 1.165) is 24.8 Å². The van der Waals surface area contributed by atoms with Crippen molar-refractivity contribution >= 4 is 11.8 Å². The lowest BCUT2D eigenvalue weighted by Crippen LogP contribution is -2.42. The molecular weight excluding hydrogens is 336 g/mol. The first-order valence-electron chi connectivity index (χ1n) is 9.79. The highest BCUT2D eigenvalue weighted by molar-refractivity contribution is 5.80. The van der Waals surface area contributed by atoms with Crippen LogP contribution < -0.4 is 10.6 Å². The largest absolute Gasteiger partial charge is 0.351 e. The molecule has 1 aliphatic heterocycles. The highest BCUT2D eigenvalue weighted by atomic mass is 16.2. The SMILES string of the molecule is CC[C@@]1(CCC(=O)N[C@H](Cc2ccccc2)c2ccccc2)CCC(=O)N1. The summed E-state index contributed by atoms with van der Waals surface area (Å²) in [5, 5.41) is 6.28. The van der Waals surface area contributed by atoms with Crippen LogP contribution >= 0.6 is 0 Å². The summed E-state index contributed by atoms with van der Waals surface area (Å²) in [6, 6.07) is 20.2. The number of nitrogens with one attached hydrogen (secondary N) is 2. The molecule has 1 fully saturated rings. The van der Waals surface area contributed by atoms with Crippen molar-refractivity contribution in [1.82, 2.24) is 10.6 Å². The minimum Gasteiger partial charge on any atom is -0.351 e. The van der Waals surface area contributed by atoms with Crippen LogP contribution in [0, 0.1) is 0 Å². The van der Waals surface area contributed by atoms with Gasteiger partial charge in [-0.25, -0.2) is 0 Å². The standard InChI is InChI=1S/C23H28N2O2/c1-2-23(16-14-22(27)25-23)15-13-21(26)24-20(19-11-7-4-8-12-19)17-18-9-5-3-6-10-18/h3-12,20H,2,13-17H2,1H3,(H,24,26)(H,25,27)/t20-,23-/m1/s1. The molecule has 0 aromatic heterocycles. The van der Waals surface area contributed by atoms with Crippen molar-refractivity contribution in [3.8, 4) is 0 Å². The molecule has 3 rings (SSSR count). The molecular formula is C23H28N2O2. The summed E-state index contributed by atoms with van der Waals surface area (Å²) in [5.41, 5.74) is 2.09. The maximum Gasteiger partial charge on any atom is 0.220 e.